The zero-order chi connectivity index (χ0) is 12.2. The summed E-state index contributed by atoms with van der Waals surface area (Å²) in [6.07, 6.45) is 1.90. The number of halogens is 1. The fourth-order valence-electron chi connectivity index (χ4n) is 1.62. The number of hydrogen-bond acceptors (Lipinski definition) is 2. The van der Waals surface area contributed by atoms with E-state index in [1.807, 2.05) is 6.92 Å². The molecule has 4 nitrogen and oxygen atoms in total. The summed E-state index contributed by atoms with van der Waals surface area (Å²) < 4.78 is 27.9. The van der Waals surface area contributed by atoms with Gasteiger partial charge in [-0.2, -0.15) is 12.7 Å². The van der Waals surface area contributed by atoms with Crippen molar-refractivity contribution in [2.75, 3.05) is 25.5 Å². The normalized spacial score (nSPS) is 22.2. The van der Waals surface area contributed by atoms with Crippen LogP contribution >= 0.6 is 11.6 Å². The Hall–Kier alpha value is 0.160. The second kappa shape index (κ2) is 6.19. The fraction of sp³-hybridized carbons (Fsp3) is 1.00. The molecule has 0 aromatic carbocycles. The first kappa shape index (κ1) is 14.2. The third-order valence-electron chi connectivity index (χ3n) is 2.96. The highest BCUT2D eigenvalue weighted by Gasteiger charge is 2.26. The predicted octanol–water partition coefficient (Wildman–Crippen LogP) is 1.43. The number of hydrogen-bond donors (Lipinski definition) is 1. The van der Waals surface area contributed by atoms with Crippen molar-refractivity contribution in [3.8, 4) is 0 Å². The van der Waals surface area contributed by atoms with Crippen LogP contribution in [-0.2, 0) is 10.2 Å². The van der Waals surface area contributed by atoms with Crippen LogP contribution < -0.4 is 4.72 Å². The zero-order valence-electron chi connectivity index (χ0n) is 9.95. The Kier molecular flexibility index (Phi) is 5.50. The van der Waals surface area contributed by atoms with Gasteiger partial charge in [-0.1, -0.05) is 13.8 Å². The quantitative estimate of drug-likeness (QED) is 0.767. The minimum Gasteiger partial charge on any atom is -0.202 e. The third-order valence-corrected chi connectivity index (χ3v) is 5.06. The van der Waals surface area contributed by atoms with Crippen LogP contribution in [0.15, 0.2) is 0 Å². The first-order chi connectivity index (χ1) is 7.45. The molecule has 0 aromatic rings. The molecular formula is C10H21ClN2O2S. The highest BCUT2D eigenvalue weighted by atomic mass is 35.5. The molecular weight excluding hydrogens is 248 g/mol. The van der Waals surface area contributed by atoms with Gasteiger partial charge in [0, 0.05) is 25.5 Å². The molecule has 0 radical (unpaired) electrons. The summed E-state index contributed by atoms with van der Waals surface area (Å²) in [6, 6.07) is 0. The van der Waals surface area contributed by atoms with Crippen molar-refractivity contribution >= 4 is 21.8 Å². The Labute approximate surface area is 104 Å². The second-order valence-corrected chi connectivity index (χ2v) is 6.76. The molecule has 1 saturated heterocycles. The van der Waals surface area contributed by atoms with Gasteiger partial charge in [0.1, 0.15) is 0 Å². The average molecular weight is 269 g/mol. The number of nitrogens with one attached hydrogen (secondary N) is 1. The van der Waals surface area contributed by atoms with Crippen molar-refractivity contribution < 1.29 is 8.42 Å². The molecule has 1 aliphatic heterocycles. The standard InChI is InChI=1S/C10H21ClN2O2S/c1-9-3-5-13(6-4-9)16(14,15)12-8-10(2)7-11/h9-10,12H,3-8H2,1-2H3. The smallest absolute Gasteiger partial charge is 0.202 e. The van der Waals surface area contributed by atoms with Crippen LogP contribution in [-0.4, -0.2) is 38.2 Å². The van der Waals surface area contributed by atoms with Crippen LogP contribution in [0.4, 0.5) is 0 Å². The molecule has 0 bridgehead atoms. The Morgan fingerprint density at radius 1 is 1.44 bits per heavy atom. The number of nitrogens with zero attached hydrogens (tertiary/aromatic N) is 1. The molecule has 1 fully saturated rings. The van der Waals surface area contributed by atoms with Gasteiger partial charge in [-0.25, -0.2) is 4.72 Å². The van der Waals surface area contributed by atoms with Crippen molar-refractivity contribution in [2.24, 2.45) is 11.8 Å². The van der Waals surface area contributed by atoms with Gasteiger partial charge >= 0.3 is 0 Å². The number of piperidine rings is 1. The summed E-state index contributed by atoms with van der Waals surface area (Å²) in [5, 5.41) is 0. The Morgan fingerprint density at radius 2 is 2.00 bits per heavy atom. The van der Waals surface area contributed by atoms with Crippen LogP contribution in [0.1, 0.15) is 26.7 Å². The van der Waals surface area contributed by atoms with Crippen molar-refractivity contribution in [1.82, 2.24) is 9.03 Å². The van der Waals surface area contributed by atoms with E-state index in [2.05, 4.69) is 11.6 Å². The van der Waals surface area contributed by atoms with E-state index in [9.17, 15) is 8.42 Å². The maximum Gasteiger partial charge on any atom is 0.279 e. The molecule has 1 aliphatic rings. The van der Waals surface area contributed by atoms with Crippen LogP contribution in [0, 0.1) is 11.8 Å². The molecule has 1 rings (SSSR count). The van der Waals surface area contributed by atoms with E-state index in [-0.39, 0.29) is 5.92 Å². The number of rotatable bonds is 5. The molecule has 0 amide bonds. The topological polar surface area (TPSA) is 49.4 Å². The van der Waals surface area contributed by atoms with Crippen LogP contribution in [0.3, 0.4) is 0 Å². The second-order valence-electron chi connectivity index (χ2n) is 4.69. The highest BCUT2D eigenvalue weighted by molar-refractivity contribution is 7.87. The van der Waals surface area contributed by atoms with Crippen molar-refractivity contribution in [3.63, 3.8) is 0 Å². The monoisotopic (exact) mass is 268 g/mol. The molecule has 0 saturated carbocycles. The lowest BCUT2D eigenvalue weighted by Gasteiger charge is -2.29. The molecule has 6 heteroatoms. The Morgan fingerprint density at radius 3 is 2.50 bits per heavy atom. The molecule has 1 atom stereocenters. The van der Waals surface area contributed by atoms with E-state index < -0.39 is 10.2 Å². The third kappa shape index (κ3) is 4.20. The highest BCUT2D eigenvalue weighted by Crippen LogP contribution is 2.17. The lowest BCUT2D eigenvalue weighted by Crippen LogP contribution is -2.45. The van der Waals surface area contributed by atoms with E-state index >= 15 is 0 Å². The van der Waals surface area contributed by atoms with E-state index in [0.717, 1.165) is 12.8 Å². The fourth-order valence-corrected chi connectivity index (χ4v) is 3.10. The zero-order valence-corrected chi connectivity index (χ0v) is 11.5. The summed E-state index contributed by atoms with van der Waals surface area (Å²) in [7, 11) is -3.29. The van der Waals surface area contributed by atoms with Gasteiger partial charge in [-0.05, 0) is 24.7 Å². The summed E-state index contributed by atoms with van der Waals surface area (Å²) in [5.41, 5.74) is 0. The lowest BCUT2D eigenvalue weighted by molar-refractivity contribution is 0.284. The van der Waals surface area contributed by atoms with Gasteiger partial charge < -0.3 is 0 Å². The maximum atomic E-state index is 11.9. The summed E-state index contributed by atoms with van der Waals surface area (Å²) in [5.74, 6) is 1.27. The van der Waals surface area contributed by atoms with Gasteiger partial charge in [0.2, 0.25) is 0 Å². The largest absolute Gasteiger partial charge is 0.279 e. The molecule has 0 aromatic heterocycles. The molecule has 0 spiro atoms. The Bertz CT molecular complexity index is 300. The molecule has 96 valence electrons. The van der Waals surface area contributed by atoms with Gasteiger partial charge in [0.25, 0.3) is 10.2 Å². The van der Waals surface area contributed by atoms with Crippen LogP contribution in [0.5, 0.6) is 0 Å². The molecule has 1 N–H and O–H groups in total. The van der Waals surface area contributed by atoms with E-state index in [1.54, 1.807) is 0 Å². The minimum atomic E-state index is -3.29. The van der Waals surface area contributed by atoms with Gasteiger partial charge in [0.05, 0.1) is 0 Å². The van der Waals surface area contributed by atoms with Crippen molar-refractivity contribution in [2.45, 2.75) is 26.7 Å². The van der Waals surface area contributed by atoms with Crippen LogP contribution in [0.25, 0.3) is 0 Å². The first-order valence-electron chi connectivity index (χ1n) is 5.76. The summed E-state index contributed by atoms with van der Waals surface area (Å²) in [6.45, 7) is 5.76. The molecule has 0 aliphatic carbocycles. The summed E-state index contributed by atoms with van der Waals surface area (Å²) in [4.78, 5) is 0. The van der Waals surface area contributed by atoms with E-state index in [4.69, 9.17) is 11.6 Å². The van der Waals surface area contributed by atoms with Gasteiger partial charge in [0.15, 0.2) is 0 Å². The SMILES string of the molecule is CC1CCN(S(=O)(=O)NCC(C)CCl)CC1. The van der Waals surface area contributed by atoms with Gasteiger partial charge in [-0.15, -0.1) is 11.6 Å². The van der Waals surface area contributed by atoms with Gasteiger partial charge in [-0.3, -0.25) is 0 Å². The van der Waals surface area contributed by atoms with Crippen LogP contribution in [0.2, 0.25) is 0 Å². The van der Waals surface area contributed by atoms with Crippen molar-refractivity contribution in [3.05, 3.63) is 0 Å². The number of alkyl halides is 1. The first-order valence-corrected chi connectivity index (χ1v) is 7.74. The van der Waals surface area contributed by atoms with E-state index in [1.165, 1.54) is 4.31 Å². The molecule has 1 heterocycles. The predicted molar refractivity (Wildman–Crippen MR) is 66.8 cm³/mol. The maximum absolute atomic E-state index is 11.9. The van der Waals surface area contributed by atoms with Crippen molar-refractivity contribution in [1.29, 1.82) is 0 Å². The minimum absolute atomic E-state index is 0.167. The molecule has 1 unspecified atom stereocenters. The lowest BCUT2D eigenvalue weighted by atomic mass is 10.0. The average Bonchev–Trinajstić information content (AvgIpc) is 2.26. The molecule has 16 heavy (non-hydrogen) atoms. The van der Waals surface area contributed by atoms with E-state index in [0.29, 0.717) is 31.4 Å². The Balaban J connectivity index is 2.44. The summed E-state index contributed by atoms with van der Waals surface area (Å²) >= 11 is 5.64.